The molecule has 0 saturated carbocycles. The normalized spacial score (nSPS) is 26.5. The molecule has 0 aliphatic carbocycles. The van der Waals surface area contributed by atoms with Gasteiger partial charge in [0.05, 0.1) is 6.10 Å². The van der Waals surface area contributed by atoms with Gasteiger partial charge in [-0.1, -0.05) is 26.0 Å². The summed E-state index contributed by atoms with van der Waals surface area (Å²) in [5, 5.41) is 12.9. The van der Waals surface area contributed by atoms with Gasteiger partial charge in [0, 0.05) is 25.1 Å². The minimum atomic E-state index is -0.930. The van der Waals surface area contributed by atoms with E-state index in [9.17, 15) is 9.90 Å². The van der Waals surface area contributed by atoms with E-state index in [1.165, 1.54) is 0 Å². The van der Waals surface area contributed by atoms with Crippen molar-refractivity contribution in [2.24, 2.45) is 5.92 Å². The van der Waals surface area contributed by atoms with Gasteiger partial charge in [0.25, 0.3) is 0 Å². The van der Waals surface area contributed by atoms with Crippen LogP contribution in [-0.2, 0) is 9.53 Å². The summed E-state index contributed by atoms with van der Waals surface area (Å²) >= 11 is 0. The number of aryl methyl sites for hydroxylation is 1. The molecular weight excluding hydrogens is 254 g/mol. The largest absolute Gasteiger partial charge is 0.480 e. The Hall–Kier alpha value is -1.55. The Balaban J connectivity index is 2.23. The molecule has 110 valence electrons. The first-order valence-electron chi connectivity index (χ1n) is 7.13. The molecular formula is C16H23NO3. The maximum Gasteiger partial charge on any atom is 0.329 e. The Bertz CT molecular complexity index is 486. The van der Waals surface area contributed by atoms with Gasteiger partial charge in [0.1, 0.15) is 5.54 Å². The lowest BCUT2D eigenvalue weighted by Gasteiger charge is -2.40. The monoisotopic (exact) mass is 277 g/mol. The van der Waals surface area contributed by atoms with Crippen LogP contribution in [0, 0.1) is 12.8 Å². The average molecular weight is 277 g/mol. The summed E-state index contributed by atoms with van der Waals surface area (Å²) in [6.07, 6.45) is 0.963. The summed E-state index contributed by atoms with van der Waals surface area (Å²) in [4.78, 5) is 11.8. The van der Waals surface area contributed by atoms with Crippen LogP contribution in [0.25, 0.3) is 0 Å². The lowest BCUT2D eigenvalue weighted by atomic mass is 9.83. The lowest BCUT2D eigenvalue weighted by Crippen LogP contribution is -2.53. The van der Waals surface area contributed by atoms with Gasteiger partial charge < -0.3 is 15.2 Å². The highest BCUT2D eigenvalue weighted by molar-refractivity contribution is 5.83. The second-order valence-corrected chi connectivity index (χ2v) is 5.99. The third kappa shape index (κ3) is 3.12. The molecule has 0 aromatic heterocycles. The van der Waals surface area contributed by atoms with Gasteiger partial charge in [-0.25, -0.2) is 4.79 Å². The molecule has 1 aromatic rings. The average Bonchev–Trinajstić information content (AvgIpc) is 2.38. The van der Waals surface area contributed by atoms with Crippen LogP contribution in [0.2, 0.25) is 0 Å². The van der Waals surface area contributed by atoms with Gasteiger partial charge in [-0.3, -0.25) is 0 Å². The SMILES string of the molecule is Cc1cccc(NC2(C(=O)O)CCOC(C(C)C)C2)c1. The van der Waals surface area contributed by atoms with Crippen molar-refractivity contribution in [3.63, 3.8) is 0 Å². The molecule has 1 aliphatic rings. The third-order valence-corrected chi connectivity index (χ3v) is 3.97. The molecule has 1 fully saturated rings. The third-order valence-electron chi connectivity index (χ3n) is 3.97. The number of nitrogens with one attached hydrogen (secondary N) is 1. The highest BCUT2D eigenvalue weighted by Crippen LogP contribution is 2.32. The first kappa shape index (κ1) is 14.9. The second kappa shape index (κ2) is 5.83. The maximum atomic E-state index is 11.8. The van der Waals surface area contributed by atoms with E-state index in [1.54, 1.807) is 0 Å². The van der Waals surface area contributed by atoms with E-state index in [2.05, 4.69) is 19.2 Å². The molecule has 4 heteroatoms. The Morgan fingerprint density at radius 1 is 1.50 bits per heavy atom. The molecule has 0 amide bonds. The minimum Gasteiger partial charge on any atom is -0.480 e. The molecule has 20 heavy (non-hydrogen) atoms. The smallest absolute Gasteiger partial charge is 0.329 e. The summed E-state index contributed by atoms with van der Waals surface area (Å²) in [6, 6.07) is 7.83. The molecule has 1 aliphatic heterocycles. The van der Waals surface area contributed by atoms with E-state index < -0.39 is 11.5 Å². The predicted octanol–water partition coefficient (Wildman–Crippen LogP) is 3.07. The first-order valence-corrected chi connectivity index (χ1v) is 7.13. The van der Waals surface area contributed by atoms with Crippen molar-refractivity contribution in [2.45, 2.75) is 45.3 Å². The van der Waals surface area contributed by atoms with Crippen molar-refractivity contribution in [1.82, 2.24) is 0 Å². The molecule has 1 saturated heterocycles. The fourth-order valence-corrected chi connectivity index (χ4v) is 2.68. The van der Waals surface area contributed by atoms with E-state index in [0.29, 0.717) is 25.4 Å². The molecule has 2 unspecified atom stereocenters. The zero-order chi connectivity index (χ0) is 14.8. The van der Waals surface area contributed by atoms with Gasteiger partial charge in [0.2, 0.25) is 0 Å². The van der Waals surface area contributed by atoms with Gasteiger partial charge in [-0.15, -0.1) is 0 Å². The van der Waals surface area contributed by atoms with E-state index in [0.717, 1.165) is 11.3 Å². The molecule has 1 aromatic carbocycles. The summed E-state index contributed by atoms with van der Waals surface area (Å²) in [7, 11) is 0. The summed E-state index contributed by atoms with van der Waals surface area (Å²) in [5.74, 6) is -0.485. The van der Waals surface area contributed by atoms with Crippen LogP contribution in [0.4, 0.5) is 5.69 Å². The maximum absolute atomic E-state index is 11.8. The van der Waals surface area contributed by atoms with Crippen LogP contribution < -0.4 is 5.32 Å². The highest BCUT2D eigenvalue weighted by atomic mass is 16.5. The summed E-state index contributed by atoms with van der Waals surface area (Å²) < 4.78 is 5.70. The predicted molar refractivity (Wildman–Crippen MR) is 79.0 cm³/mol. The molecule has 4 nitrogen and oxygen atoms in total. The molecule has 0 spiro atoms. The fraction of sp³-hybridized carbons (Fsp3) is 0.562. The molecule has 2 atom stereocenters. The number of anilines is 1. The van der Waals surface area contributed by atoms with Gasteiger partial charge in [-0.2, -0.15) is 0 Å². The number of carbonyl (C=O) groups is 1. The molecule has 0 bridgehead atoms. The zero-order valence-corrected chi connectivity index (χ0v) is 12.3. The van der Waals surface area contributed by atoms with E-state index in [4.69, 9.17) is 4.74 Å². The van der Waals surface area contributed by atoms with Crippen LogP contribution in [0.3, 0.4) is 0 Å². The number of carboxylic acids is 1. The van der Waals surface area contributed by atoms with Crippen molar-refractivity contribution in [3.05, 3.63) is 29.8 Å². The number of rotatable bonds is 4. The second-order valence-electron chi connectivity index (χ2n) is 5.99. The Morgan fingerprint density at radius 2 is 2.25 bits per heavy atom. The summed E-state index contributed by atoms with van der Waals surface area (Å²) in [6.45, 7) is 6.61. The van der Waals surface area contributed by atoms with Crippen LogP contribution in [0.5, 0.6) is 0 Å². The molecule has 2 N–H and O–H groups in total. The Labute approximate surface area is 120 Å². The topological polar surface area (TPSA) is 58.6 Å². The first-order chi connectivity index (χ1) is 9.43. The number of aliphatic carboxylic acids is 1. The van der Waals surface area contributed by atoms with Crippen molar-refractivity contribution in [2.75, 3.05) is 11.9 Å². The van der Waals surface area contributed by atoms with Crippen LogP contribution >= 0.6 is 0 Å². The number of carboxylic acid groups (broad SMARTS) is 1. The quantitative estimate of drug-likeness (QED) is 0.888. The fourth-order valence-electron chi connectivity index (χ4n) is 2.68. The zero-order valence-electron chi connectivity index (χ0n) is 12.3. The Morgan fingerprint density at radius 3 is 2.85 bits per heavy atom. The standard InChI is InChI=1S/C16H23NO3/c1-11(2)14-10-16(15(18)19,7-8-20-14)17-13-6-4-5-12(3)9-13/h4-6,9,11,14,17H,7-8,10H2,1-3H3,(H,18,19). The van der Waals surface area contributed by atoms with Gasteiger partial charge in [-0.05, 0) is 30.5 Å². The molecule has 2 rings (SSSR count). The van der Waals surface area contributed by atoms with Crippen LogP contribution in [0.1, 0.15) is 32.3 Å². The lowest BCUT2D eigenvalue weighted by molar-refractivity contribution is -0.149. The van der Waals surface area contributed by atoms with Crippen molar-refractivity contribution in [1.29, 1.82) is 0 Å². The van der Waals surface area contributed by atoms with Gasteiger partial charge in [0.15, 0.2) is 0 Å². The number of hydrogen-bond donors (Lipinski definition) is 2. The highest BCUT2D eigenvalue weighted by Gasteiger charge is 2.44. The Kier molecular flexibility index (Phi) is 4.33. The van der Waals surface area contributed by atoms with Crippen molar-refractivity contribution >= 4 is 11.7 Å². The van der Waals surface area contributed by atoms with Crippen LogP contribution in [-0.4, -0.2) is 29.3 Å². The molecule has 0 radical (unpaired) electrons. The van der Waals surface area contributed by atoms with E-state index in [1.807, 2.05) is 31.2 Å². The van der Waals surface area contributed by atoms with E-state index in [-0.39, 0.29) is 6.10 Å². The summed E-state index contributed by atoms with van der Waals surface area (Å²) in [5.41, 5.74) is 1.04. The number of ether oxygens (including phenoxy) is 1. The number of benzene rings is 1. The van der Waals surface area contributed by atoms with Crippen LogP contribution in [0.15, 0.2) is 24.3 Å². The molecule has 1 heterocycles. The minimum absolute atomic E-state index is 0.0165. The number of hydrogen-bond acceptors (Lipinski definition) is 3. The van der Waals surface area contributed by atoms with Crippen molar-refractivity contribution in [3.8, 4) is 0 Å². The van der Waals surface area contributed by atoms with Crippen molar-refractivity contribution < 1.29 is 14.6 Å². The van der Waals surface area contributed by atoms with E-state index >= 15 is 0 Å². The van der Waals surface area contributed by atoms with Gasteiger partial charge >= 0.3 is 5.97 Å².